The van der Waals surface area contributed by atoms with Crippen LogP contribution in [0.25, 0.3) is 10.8 Å². The Labute approximate surface area is 140 Å². The number of Topliss-reactive ketones (excluding diaryl/α,β-unsaturated/α-hetero) is 1. The summed E-state index contributed by atoms with van der Waals surface area (Å²) < 4.78 is 6.40. The molecule has 0 aromatic heterocycles. The van der Waals surface area contributed by atoms with E-state index in [-0.39, 0.29) is 16.7 Å². The molecule has 0 radical (unpaired) electrons. The number of hydrogen-bond acceptors (Lipinski definition) is 2. The van der Waals surface area contributed by atoms with Crippen LogP contribution in [0.2, 0.25) is 18.1 Å². The van der Waals surface area contributed by atoms with Gasteiger partial charge < -0.3 is 4.43 Å². The third-order valence-electron chi connectivity index (χ3n) is 5.48. The van der Waals surface area contributed by atoms with Gasteiger partial charge in [0, 0.05) is 11.5 Å². The second-order valence-corrected chi connectivity index (χ2v) is 13.0. The lowest BCUT2D eigenvalue weighted by atomic mass is 10.00. The first-order valence-electron chi connectivity index (χ1n) is 8.39. The lowest BCUT2D eigenvalue weighted by molar-refractivity contribution is 0.0947. The first-order chi connectivity index (χ1) is 10.6. The van der Waals surface area contributed by atoms with Crippen molar-refractivity contribution < 1.29 is 9.22 Å². The van der Waals surface area contributed by atoms with Gasteiger partial charge in [0.25, 0.3) is 0 Å². The molecular weight excluding hydrogens is 300 g/mol. The van der Waals surface area contributed by atoms with E-state index < -0.39 is 8.32 Å². The van der Waals surface area contributed by atoms with E-state index >= 15 is 0 Å². The Kier molecular flexibility index (Phi) is 3.67. The third-order valence-corrected chi connectivity index (χ3v) is 9.84. The summed E-state index contributed by atoms with van der Waals surface area (Å²) in [6, 6.07) is 10.4. The van der Waals surface area contributed by atoms with E-state index in [0.717, 1.165) is 28.5 Å². The molecule has 0 aliphatic heterocycles. The largest absolute Gasteiger partial charge is 0.543 e. The fourth-order valence-electron chi connectivity index (χ4n) is 2.99. The predicted molar refractivity (Wildman–Crippen MR) is 99.0 cm³/mol. The molecule has 3 heteroatoms. The van der Waals surface area contributed by atoms with E-state index in [2.05, 4.69) is 58.1 Å². The molecule has 0 spiro atoms. The predicted octanol–water partition coefficient (Wildman–Crippen LogP) is 5.60. The molecule has 0 amide bonds. The van der Waals surface area contributed by atoms with Crippen LogP contribution < -0.4 is 4.43 Å². The molecule has 1 atom stereocenters. The molecule has 0 fully saturated rings. The van der Waals surface area contributed by atoms with E-state index in [0.29, 0.717) is 0 Å². The van der Waals surface area contributed by atoms with Crippen LogP contribution in [0.3, 0.4) is 0 Å². The number of rotatable bonds is 2. The highest BCUT2D eigenvalue weighted by molar-refractivity contribution is 6.74. The molecule has 1 aliphatic rings. The van der Waals surface area contributed by atoms with Crippen LogP contribution in [0.1, 0.15) is 43.6 Å². The van der Waals surface area contributed by atoms with Crippen molar-refractivity contribution in [1.29, 1.82) is 0 Å². The Morgan fingerprint density at radius 2 is 1.83 bits per heavy atom. The van der Waals surface area contributed by atoms with E-state index in [1.807, 2.05) is 13.0 Å². The van der Waals surface area contributed by atoms with Gasteiger partial charge in [-0.05, 0) is 53.0 Å². The zero-order valence-corrected chi connectivity index (χ0v) is 16.0. The molecule has 2 nitrogen and oxygen atoms in total. The Morgan fingerprint density at radius 3 is 2.48 bits per heavy atom. The number of fused-ring (bicyclic) bond motifs is 3. The number of benzene rings is 2. The van der Waals surface area contributed by atoms with Crippen LogP contribution in [-0.2, 0) is 6.42 Å². The van der Waals surface area contributed by atoms with Crippen LogP contribution in [0.15, 0.2) is 30.3 Å². The molecule has 3 rings (SSSR count). The third kappa shape index (κ3) is 2.71. The minimum atomic E-state index is -1.84. The molecule has 0 heterocycles. The fraction of sp³-hybridized carbons (Fsp3) is 0.450. The monoisotopic (exact) mass is 326 g/mol. The molecular formula is C20H26O2Si. The highest BCUT2D eigenvalue weighted by Crippen LogP contribution is 2.39. The summed E-state index contributed by atoms with van der Waals surface area (Å²) in [5, 5.41) is 2.34. The van der Waals surface area contributed by atoms with Crippen molar-refractivity contribution in [2.45, 2.75) is 52.2 Å². The quantitative estimate of drug-likeness (QED) is 0.672. The van der Waals surface area contributed by atoms with Crippen molar-refractivity contribution in [3.8, 4) is 5.75 Å². The van der Waals surface area contributed by atoms with Gasteiger partial charge in [-0.15, -0.1) is 0 Å². The molecule has 2 aromatic carbocycles. The van der Waals surface area contributed by atoms with E-state index in [1.165, 1.54) is 5.56 Å². The second-order valence-electron chi connectivity index (χ2n) is 8.31. The lowest BCUT2D eigenvalue weighted by Crippen LogP contribution is -2.43. The molecule has 1 aliphatic carbocycles. The molecule has 0 N–H and O–H groups in total. The normalized spacial score (nSPS) is 18.3. The van der Waals surface area contributed by atoms with Crippen molar-refractivity contribution in [1.82, 2.24) is 0 Å². The van der Waals surface area contributed by atoms with Crippen molar-refractivity contribution in [2.24, 2.45) is 5.92 Å². The van der Waals surface area contributed by atoms with Gasteiger partial charge in [-0.25, -0.2) is 0 Å². The van der Waals surface area contributed by atoms with Crippen molar-refractivity contribution >= 4 is 24.9 Å². The Morgan fingerprint density at radius 1 is 1.13 bits per heavy atom. The van der Waals surface area contributed by atoms with E-state index in [9.17, 15) is 4.79 Å². The van der Waals surface area contributed by atoms with Gasteiger partial charge in [0.2, 0.25) is 8.32 Å². The molecule has 0 saturated heterocycles. The van der Waals surface area contributed by atoms with Gasteiger partial charge in [0.15, 0.2) is 5.78 Å². The topological polar surface area (TPSA) is 26.3 Å². The van der Waals surface area contributed by atoms with Crippen molar-refractivity contribution in [3.63, 3.8) is 0 Å². The summed E-state index contributed by atoms with van der Waals surface area (Å²) in [4.78, 5) is 12.4. The number of hydrogen-bond donors (Lipinski definition) is 0. The zero-order valence-electron chi connectivity index (χ0n) is 15.0. The summed E-state index contributed by atoms with van der Waals surface area (Å²) in [6.07, 6.45) is 0.867. The fourth-order valence-corrected chi connectivity index (χ4v) is 4.02. The second kappa shape index (κ2) is 5.20. The smallest absolute Gasteiger partial charge is 0.250 e. The van der Waals surface area contributed by atoms with Gasteiger partial charge in [-0.3, -0.25) is 4.79 Å². The Bertz CT molecular complexity index is 784. The maximum Gasteiger partial charge on any atom is 0.250 e. The number of carbonyl (C=O) groups excluding carboxylic acids is 1. The molecule has 2 aromatic rings. The summed E-state index contributed by atoms with van der Waals surface area (Å²) in [6.45, 7) is 13.3. The van der Waals surface area contributed by atoms with Gasteiger partial charge in [-0.1, -0.05) is 45.9 Å². The summed E-state index contributed by atoms with van der Waals surface area (Å²) in [5.74, 6) is 1.31. The van der Waals surface area contributed by atoms with Crippen LogP contribution in [-0.4, -0.2) is 14.1 Å². The van der Waals surface area contributed by atoms with Crippen LogP contribution in [0, 0.1) is 5.92 Å². The highest BCUT2D eigenvalue weighted by Gasteiger charge is 2.39. The summed E-state index contributed by atoms with van der Waals surface area (Å²) in [5.41, 5.74) is 2.11. The first-order valence-corrected chi connectivity index (χ1v) is 11.3. The zero-order chi connectivity index (χ0) is 17.0. The minimum absolute atomic E-state index is 0.110. The lowest BCUT2D eigenvalue weighted by Gasteiger charge is -2.36. The number of ketones is 1. The SMILES string of the molecule is CC1Cc2ccc3cc(O[Si](C)(C)C(C)(C)C)ccc3c2C1=O. The molecule has 1 unspecified atom stereocenters. The molecule has 122 valence electrons. The van der Waals surface area contributed by atoms with Gasteiger partial charge >= 0.3 is 0 Å². The van der Waals surface area contributed by atoms with Crippen molar-refractivity contribution in [3.05, 3.63) is 41.5 Å². The Balaban J connectivity index is 2.03. The van der Waals surface area contributed by atoms with Gasteiger partial charge in [-0.2, -0.15) is 0 Å². The molecule has 0 saturated carbocycles. The first kappa shape index (κ1) is 16.3. The maximum atomic E-state index is 12.4. The summed E-state index contributed by atoms with van der Waals surface area (Å²) >= 11 is 0. The standard InChI is InChI=1S/C20H26O2Si/c1-13-11-15-8-7-14-12-16(22-23(5,6)20(2,3)4)9-10-17(14)18(15)19(13)21/h7-10,12-13H,11H2,1-6H3. The minimum Gasteiger partial charge on any atom is -0.543 e. The van der Waals surface area contributed by atoms with Crippen LogP contribution in [0.4, 0.5) is 0 Å². The van der Waals surface area contributed by atoms with Crippen LogP contribution in [0.5, 0.6) is 5.75 Å². The molecule has 0 bridgehead atoms. The van der Waals surface area contributed by atoms with Crippen molar-refractivity contribution in [2.75, 3.05) is 0 Å². The Hall–Kier alpha value is -1.61. The van der Waals surface area contributed by atoms with E-state index in [4.69, 9.17) is 4.43 Å². The average Bonchev–Trinajstić information content (AvgIpc) is 2.73. The highest BCUT2D eigenvalue weighted by atomic mass is 28.4. The summed E-state index contributed by atoms with van der Waals surface area (Å²) in [7, 11) is -1.84. The van der Waals surface area contributed by atoms with E-state index in [1.54, 1.807) is 0 Å². The average molecular weight is 327 g/mol. The van der Waals surface area contributed by atoms with Gasteiger partial charge in [0.05, 0.1) is 0 Å². The van der Waals surface area contributed by atoms with Gasteiger partial charge in [0.1, 0.15) is 5.75 Å². The van der Waals surface area contributed by atoms with Crippen LogP contribution >= 0.6 is 0 Å². The maximum absolute atomic E-state index is 12.4. The number of carbonyl (C=O) groups is 1. The molecule has 23 heavy (non-hydrogen) atoms.